The van der Waals surface area contributed by atoms with Gasteiger partial charge >= 0.3 is 0 Å². The molecule has 0 aromatic carbocycles. The Morgan fingerprint density at radius 3 is 2.50 bits per heavy atom. The maximum Gasteiger partial charge on any atom is 0.216 e. The second-order valence-corrected chi connectivity index (χ2v) is 7.02. The number of sulfonamides is 1. The molecule has 2 atom stereocenters. The molecule has 14 heavy (non-hydrogen) atoms. The number of hydrogen-bond acceptors (Lipinski definition) is 3. The van der Waals surface area contributed by atoms with Gasteiger partial charge in [-0.05, 0) is 24.8 Å². The molecule has 1 heterocycles. The predicted octanol–water partition coefficient (Wildman–Crippen LogP) is 0.0662. The third kappa shape index (κ3) is 1.94. The molecule has 2 aliphatic rings. The largest absolute Gasteiger partial charge is 0.315 e. The van der Waals surface area contributed by atoms with Gasteiger partial charge in [0.25, 0.3) is 0 Å². The molecule has 1 aliphatic carbocycles. The van der Waals surface area contributed by atoms with Crippen LogP contribution in [0.2, 0.25) is 0 Å². The molecule has 1 aliphatic heterocycles. The summed E-state index contributed by atoms with van der Waals surface area (Å²) in [7, 11) is -3.08. The van der Waals surface area contributed by atoms with Crippen LogP contribution in [0.3, 0.4) is 0 Å². The maximum atomic E-state index is 11.8. The van der Waals surface area contributed by atoms with Crippen molar-refractivity contribution in [1.82, 2.24) is 10.0 Å². The van der Waals surface area contributed by atoms with Crippen LogP contribution in [0.15, 0.2) is 0 Å². The second-order valence-electron chi connectivity index (χ2n) is 5.02. The average Bonchev–Trinajstić information content (AvgIpc) is 2.57. The van der Waals surface area contributed by atoms with E-state index in [0.29, 0.717) is 6.54 Å². The zero-order chi connectivity index (χ0) is 10.4. The lowest BCUT2D eigenvalue weighted by Gasteiger charge is -2.12. The van der Waals surface area contributed by atoms with E-state index in [-0.39, 0.29) is 16.7 Å². The summed E-state index contributed by atoms with van der Waals surface area (Å²) in [5.74, 6) is 0. The summed E-state index contributed by atoms with van der Waals surface area (Å²) in [5.41, 5.74) is 0.166. The molecular weight excluding hydrogens is 200 g/mol. The van der Waals surface area contributed by atoms with Crippen LogP contribution in [0.4, 0.5) is 0 Å². The summed E-state index contributed by atoms with van der Waals surface area (Å²) < 4.78 is 26.4. The zero-order valence-corrected chi connectivity index (χ0v) is 9.52. The van der Waals surface area contributed by atoms with E-state index in [1.165, 1.54) is 0 Å². The molecule has 0 amide bonds. The van der Waals surface area contributed by atoms with E-state index < -0.39 is 10.0 Å². The van der Waals surface area contributed by atoms with E-state index in [0.717, 1.165) is 19.4 Å². The number of nitrogens with one attached hydrogen (secondary N) is 2. The van der Waals surface area contributed by atoms with Gasteiger partial charge in [-0.1, -0.05) is 13.8 Å². The molecule has 82 valence electrons. The molecule has 2 fully saturated rings. The van der Waals surface area contributed by atoms with Gasteiger partial charge in [-0.15, -0.1) is 0 Å². The minimum atomic E-state index is -3.08. The van der Waals surface area contributed by atoms with E-state index in [2.05, 4.69) is 23.9 Å². The fourth-order valence-electron chi connectivity index (χ4n) is 1.86. The molecule has 0 aromatic heterocycles. The number of hydrogen-bond donors (Lipinski definition) is 2. The van der Waals surface area contributed by atoms with Crippen molar-refractivity contribution in [1.29, 1.82) is 0 Å². The Bertz CT molecular complexity index is 318. The van der Waals surface area contributed by atoms with Crippen LogP contribution in [0.1, 0.15) is 26.7 Å². The van der Waals surface area contributed by atoms with E-state index in [4.69, 9.17) is 0 Å². The molecule has 2 unspecified atom stereocenters. The van der Waals surface area contributed by atoms with Crippen molar-refractivity contribution in [2.75, 3.05) is 13.1 Å². The Morgan fingerprint density at radius 1 is 1.43 bits per heavy atom. The third-order valence-electron chi connectivity index (χ3n) is 3.27. The molecule has 4 nitrogen and oxygen atoms in total. The van der Waals surface area contributed by atoms with Crippen molar-refractivity contribution >= 4 is 10.0 Å². The first-order valence-corrected chi connectivity index (χ1v) is 6.68. The van der Waals surface area contributed by atoms with E-state index in [1.54, 1.807) is 0 Å². The van der Waals surface area contributed by atoms with Crippen molar-refractivity contribution < 1.29 is 8.42 Å². The van der Waals surface area contributed by atoms with Gasteiger partial charge in [0.15, 0.2) is 0 Å². The molecule has 1 saturated heterocycles. The average molecular weight is 218 g/mol. The Kier molecular flexibility index (Phi) is 2.36. The van der Waals surface area contributed by atoms with Crippen molar-refractivity contribution in [3.8, 4) is 0 Å². The van der Waals surface area contributed by atoms with Gasteiger partial charge in [0.2, 0.25) is 10.0 Å². The van der Waals surface area contributed by atoms with Crippen molar-refractivity contribution in [2.24, 2.45) is 5.41 Å². The predicted molar refractivity (Wildman–Crippen MR) is 55.5 cm³/mol. The highest BCUT2D eigenvalue weighted by molar-refractivity contribution is 7.90. The third-order valence-corrected chi connectivity index (χ3v) is 5.17. The van der Waals surface area contributed by atoms with Crippen LogP contribution in [0.5, 0.6) is 0 Å². The van der Waals surface area contributed by atoms with Gasteiger partial charge in [0.1, 0.15) is 0 Å². The van der Waals surface area contributed by atoms with Crippen molar-refractivity contribution in [3.63, 3.8) is 0 Å². The molecule has 2 rings (SSSR count). The van der Waals surface area contributed by atoms with Crippen LogP contribution < -0.4 is 10.0 Å². The summed E-state index contributed by atoms with van der Waals surface area (Å²) in [5, 5.41) is 2.85. The first-order valence-electron chi connectivity index (χ1n) is 5.14. The van der Waals surface area contributed by atoms with Crippen molar-refractivity contribution in [2.45, 2.75) is 38.0 Å². The smallest absolute Gasteiger partial charge is 0.216 e. The van der Waals surface area contributed by atoms with Crippen LogP contribution in [-0.4, -0.2) is 32.8 Å². The summed E-state index contributed by atoms with van der Waals surface area (Å²) in [6.45, 7) is 5.60. The van der Waals surface area contributed by atoms with Crippen LogP contribution in [0.25, 0.3) is 0 Å². The van der Waals surface area contributed by atoms with E-state index in [9.17, 15) is 8.42 Å². The Labute approximate surface area is 85.5 Å². The molecular formula is C9H18N2O2S. The summed E-state index contributed by atoms with van der Waals surface area (Å²) in [4.78, 5) is 0. The molecule has 1 saturated carbocycles. The zero-order valence-electron chi connectivity index (χ0n) is 8.71. The van der Waals surface area contributed by atoms with Gasteiger partial charge in [-0.25, -0.2) is 13.1 Å². The van der Waals surface area contributed by atoms with Gasteiger partial charge in [0.05, 0.1) is 5.25 Å². The minimum Gasteiger partial charge on any atom is -0.315 e. The highest BCUT2D eigenvalue weighted by Gasteiger charge is 2.48. The monoisotopic (exact) mass is 218 g/mol. The Balaban J connectivity index is 1.96. The Hall–Kier alpha value is -0.130. The van der Waals surface area contributed by atoms with Crippen LogP contribution in [-0.2, 0) is 10.0 Å². The lowest BCUT2D eigenvalue weighted by molar-refractivity contribution is 0.545. The highest BCUT2D eigenvalue weighted by atomic mass is 32.2. The van der Waals surface area contributed by atoms with Crippen molar-refractivity contribution in [3.05, 3.63) is 0 Å². The first-order chi connectivity index (χ1) is 6.42. The number of rotatable bonds is 3. The molecule has 2 N–H and O–H groups in total. The normalized spacial score (nSPS) is 35.9. The summed E-state index contributed by atoms with van der Waals surface area (Å²) in [6, 6.07) is 0.160. The van der Waals surface area contributed by atoms with Crippen LogP contribution in [0, 0.1) is 5.41 Å². The quantitative estimate of drug-likeness (QED) is 0.704. The van der Waals surface area contributed by atoms with Gasteiger partial charge in [-0.2, -0.15) is 0 Å². The molecule has 0 radical (unpaired) electrons. The SMILES string of the molecule is CC1(C)CC1NS(=O)(=O)C1CCNC1. The molecule has 0 spiro atoms. The highest BCUT2D eigenvalue weighted by Crippen LogP contribution is 2.45. The van der Waals surface area contributed by atoms with E-state index >= 15 is 0 Å². The first kappa shape index (κ1) is 10.4. The summed E-state index contributed by atoms with van der Waals surface area (Å²) >= 11 is 0. The Morgan fingerprint density at radius 2 is 2.07 bits per heavy atom. The van der Waals surface area contributed by atoms with Crippen LogP contribution >= 0.6 is 0 Å². The minimum absolute atomic E-state index is 0.160. The van der Waals surface area contributed by atoms with Gasteiger partial charge in [-0.3, -0.25) is 0 Å². The lowest BCUT2D eigenvalue weighted by atomic mass is 10.2. The molecule has 0 aromatic rings. The second kappa shape index (κ2) is 3.18. The molecule has 0 bridgehead atoms. The topological polar surface area (TPSA) is 58.2 Å². The van der Waals surface area contributed by atoms with Gasteiger partial charge in [0, 0.05) is 12.6 Å². The fraction of sp³-hybridized carbons (Fsp3) is 1.00. The van der Waals surface area contributed by atoms with E-state index in [1.807, 2.05) is 0 Å². The summed E-state index contributed by atoms with van der Waals surface area (Å²) in [6.07, 6.45) is 1.70. The van der Waals surface area contributed by atoms with Gasteiger partial charge < -0.3 is 5.32 Å². The lowest BCUT2D eigenvalue weighted by Crippen LogP contribution is -2.38. The molecule has 5 heteroatoms. The standard InChI is InChI=1S/C9H18N2O2S/c1-9(2)5-8(9)11-14(12,13)7-3-4-10-6-7/h7-8,10-11H,3-6H2,1-2H3. The fourth-order valence-corrected chi connectivity index (χ4v) is 3.61. The maximum absolute atomic E-state index is 11.8.